The van der Waals surface area contributed by atoms with Gasteiger partial charge in [-0.1, -0.05) is 6.42 Å². The predicted molar refractivity (Wildman–Crippen MR) is 65.3 cm³/mol. The van der Waals surface area contributed by atoms with E-state index in [2.05, 4.69) is 0 Å². The Hall–Kier alpha value is -0.780. The largest absolute Gasteiger partial charge is 0.391 e. The van der Waals surface area contributed by atoms with Crippen LogP contribution in [0.15, 0.2) is 0 Å². The highest BCUT2D eigenvalue weighted by atomic mass is 19.4. The van der Waals surface area contributed by atoms with E-state index in [4.69, 9.17) is 5.73 Å². The number of rotatable bonds is 3. The van der Waals surface area contributed by atoms with Crippen molar-refractivity contribution in [1.29, 1.82) is 0 Å². The van der Waals surface area contributed by atoms with Crippen molar-refractivity contribution in [2.75, 3.05) is 19.6 Å². The second-order valence-corrected chi connectivity index (χ2v) is 5.93. The molecule has 3 nitrogen and oxygen atoms in total. The van der Waals surface area contributed by atoms with Gasteiger partial charge in [0.15, 0.2) is 0 Å². The highest BCUT2D eigenvalue weighted by Crippen LogP contribution is 2.43. The average molecular weight is 278 g/mol. The van der Waals surface area contributed by atoms with Gasteiger partial charge in [-0.05, 0) is 37.6 Å². The minimum absolute atomic E-state index is 0.0224. The summed E-state index contributed by atoms with van der Waals surface area (Å²) in [6, 6.07) is 0. The molecular formula is C13H21F3N2O. The maximum absolute atomic E-state index is 12.5. The molecule has 0 aromatic heterocycles. The van der Waals surface area contributed by atoms with Crippen LogP contribution in [-0.4, -0.2) is 36.6 Å². The van der Waals surface area contributed by atoms with E-state index in [0.717, 1.165) is 19.3 Å². The summed E-state index contributed by atoms with van der Waals surface area (Å²) in [5.74, 6) is -1.27. The van der Waals surface area contributed by atoms with Crippen LogP contribution in [0.2, 0.25) is 0 Å². The van der Waals surface area contributed by atoms with E-state index in [0.29, 0.717) is 13.0 Å². The fourth-order valence-electron chi connectivity index (χ4n) is 3.02. The van der Waals surface area contributed by atoms with Crippen molar-refractivity contribution >= 4 is 5.91 Å². The number of carbonyl (C=O) groups excluding carboxylic acids is 1. The van der Waals surface area contributed by atoms with Crippen molar-refractivity contribution in [3.63, 3.8) is 0 Å². The van der Waals surface area contributed by atoms with Crippen LogP contribution in [0.3, 0.4) is 0 Å². The summed E-state index contributed by atoms with van der Waals surface area (Å²) in [6.07, 6.45) is -0.624. The lowest BCUT2D eigenvalue weighted by atomic mass is 9.66. The Balaban J connectivity index is 1.83. The molecule has 2 aliphatic rings. The van der Waals surface area contributed by atoms with E-state index >= 15 is 0 Å². The number of alkyl halides is 3. The lowest BCUT2D eigenvalue weighted by molar-refractivity contribution is -0.186. The van der Waals surface area contributed by atoms with Crippen LogP contribution < -0.4 is 5.73 Å². The molecule has 2 N–H and O–H groups in total. The van der Waals surface area contributed by atoms with Crippen molar-refractivity contribution in [2.45, 2.75) is 44.7 Å². The molecule has 0 aromatic rings. The fourth-order valence-corrected chi connectivity index (χ4v) is 3.02. The van der Waals surface area contributed by atoms with Gasteiger partial charge in [-0.25, -0.2) is 0 Å². The molecule has 1 aliphatic heterocycles. The smallest absolute Gasteiger partial charge is 0.343 e. The molecule has 110 valence electrons. The van der Waals surface area contributed by atoms with E-state index in [1.165, 1.54) is 0 Å². The highest BCUT2D eigenvalue weighted by molar-refractivity contribution is 5.77. The van der Waals surface area contributed by atoms with Gasteiger partial charge in [-0.2, -0.15) is 13.2 Å². The van der Waals surface area contributed by atoms with E-state index < -0.39 is 12.1 Å². The molecule has 0 bridgehead atoms. The molecule has 0 unspecified atom stereocenters. The molecule has 1 heterocycles. The number of hydrogen-bond donors (Lipinski definition) is 1. The van der Waals surface area contributed by atoms with Crippen LogP contribution in [0.5, 0.6) is 0 Å². The minimum Gasteiger partial charge on any atom is -0.343 e. The zero-order valence-corrected chi connectivity index (χ0v) is 11.0. The molecule has 0 spiro atoms. The third kappa shape index (κ3) is 3.22. The van der Waals surface area contributed by atoms with Crippen LogP contribution in [0.4, 0.5) is 13.2 Å². The van der Waals surface area contributed by atoms with Gasteiger partial charge in [0, 0.05) is 19.5 Å². The van der Waals surface area contributed by atoms with E-state index in [9.17, 15) is 18.0 Å². The predicted octanol–water partition coefficient (Wildman–Crippen LogP) is 2.31. The molecule has 1 aliphatic carbocycles. The first-order valence-electron chi connectivity index (χ1n) is 6.91. The molecule has 2 fully saturated rings. The third-order valence-electron chi connectivity index (χ3n) is 4.68. The van der Waals surface area contributed by atoms with E-state index in [-0.39, 0.29) is 37.3 Å². The van der Waals surface area contributed by atoms with Gasteiger partial charge >= 0.3 is 6.18 Å². The number of nitrogens with two attached hydrogens (primary N) is 1. The first kappa shape index (κ1) is 14.6. The molecule has 1 amide bonds. The summed E-state index contributed by atoms with van der Waals surface area (Å²) in [6.45, 7) is 0.949. The maximum Gasteiger partial charge on any atom is 0.391 e. The monoisotopic (exact) mass is 278 g/mol. The number of hydrogen-bond acceptors (Lipinski definition) is 2. The lowest BCUT2D eigenvalue weighted by Gasteiger charge is -2.42. The summed E-state index contributed by atoms with van der Waals surface area (Å²) in [7, 11) is 0. The zero-order chi connectivity index (χ0) is 14.1. The second kappa shape index (κ2) is 5.31. The number of piperidine rings is 1. The van der Waals surface area contributed by atoms with Crippen LogP contribution in [0, 0.1) is 11.3 Å². The van der Waals surface area contributed by atoms with Gasteiger partial charge in [0.2, 0.25) is 5.91 Å². The standard InChI is InChI=1S/C13H21F3N2O/c14-13(15,16)10-2-6-18(7-3-10)11(19)8-12(9-17)4-1-5-12/h10H,1-9,17H2. The third-order valence-corrected chi connectivity index (χ3v) is 4.68. The first-order chi connectivity index (χ1) is 8.86. The summed E-state index contributed by atoms with van der Waals surface area (Å²) in [5.41, 5.74) is 5.63. The van der Waals surface area contributed by atoms with Crippen LogP contribution >= 0.6 is 0 Å². The van der Waals surface area contributed by atoms with Gasteiger partial charge in [-0.15, -0.1) is 0 Å². The summed E-state index contributed by atoms with van der Waals surface area (Å²) < 4.78 is 37.6. The molecule has 1 saturated carbocycles. The Kier molecular flexibility index (Phi) is 4.08. The van der Waals surface area contributed by atoms with Crippen molar-refractivity contribution in [3.8, 4) is 0 Å². The van der Waals surface area contributed by atoms with Crippen LogP contribution in [-0.2, 0) is 4.79 Å². The quantitative estimate of drug-likeness (QED) is 0.861. The zero-order valence-electron chi connectivity index (χ0n) is 11.0. The van der Waals surface area contributed by atoms with Gasteiger partial charge in [-0.3, -0.25) is 4.79 Å². The molecule has 6 heteroatoms. The van der Waals surface area contributed by atoms with E-state index in [1.807, 2.05) is 0 Å². The molecule has 0 atom stereocenters. The summed E-state index contributed by atoms with van der Waals surface area (Å²) >= 11 is 0. The molecular weight excluding hydrogens is 257 g/mol. The lowest BCUT2D eigenvalue weighted by Crippen LogP contribution is -2.46. The van der Waals surface area contributed by atoms with Gasteiger partial charge in [0.25, 0.3) is 0 Å². The molecule has 2 rings (SSSR count). The van der Waals surface area contributed by atoms with E-state index in [1.54, 1.807) is 4.90 Å². The number of nitrogens with zero attached hydrogens (tertiary/aromatic N) is 1. The van der Waals surface area contributed by atoms with Gasteiger partial charge < -0.3 is 10.6 Å². The minimum atomic E-state index is -4.12. The summed E-state index contributed by atoms with van der Waals surface area (Å²) in [5, 5.41) is 0. The Labute approximate surface area is 111 Å². The average Bonchev–Trinajstić information content (AvgIpc) is 2.32. The number of halogens is 3. The van der Waals surface area contributed by atoms with Crippen molar-refractivity contribution < 1.29 is 18.0 Å². The Morgan fingerprint density at radius 3 is 2.21 bits per heavy atom. The van der Waals surface area contributed by atoms with Crippen molar-refractivity contribution in [3.05, 3.63) is 0 Å². The first-order valence-corrected chi connectivity index (χ1v) is 6.91. The number of carbonyl (C=O) groups is 1. The molecule has 19 heavy (non-hydrogen) atoms. The normalized spacial score (nSPS) is 24.1. The maximum atomic E-state index is 12.5. The van der Waals surface area contributed by atoms with Crippen LogP contribution in [0.25, 0.3) is 0 Å². The topological polar surface area (TPSA) is 46.3 Å². The van der Waals surface area contributed by atoms with Crippen LogP contribution in [0.1, 0.15) is 38.5 Å². The Morgan fingerprint density at radius 2 is 1.84 bits per heavy atom. The van der Waals surface area contributed by atoms with Gasteiger partial charge in [0.05, 0.1) is 5.92 Å². The molecule has 0 aromatic carbocycles. The van der Waals surface area contributed by atoms with Crippen molar-refractivity contribution in [2.24, 2.45) is 17.1 Å². The second-order valence-electron chi connectivity index (χ2n) is 5.93. The highest BCUT2D eigenvalue weighted by Gasteiger charge is 2.43. The Bertz CT molecular complexity index is 326. The Morgan fingerprint density at radius 1 is 1.26 bits per heavy atom. The molecule has 1 saturated heterocycles. The molecule has 0 radical (unpaired) electrons. The van der Waals surface area contributed by atoms with Crippen molar-refractivity contribution in [1.82, 2.24) is 4.90 Å². The number of likely N-dealkylation sites (tertiary alicyclic amines) is 1. The number of amides is 1. The van der Waals surface area contributed by atoms with Gasteiger partial charge in [0.1, 0.15) is 0 Å². The summed E-state index contributed by atoms with van der Waals surface area (Å²) in [4.78, 5) is 13.7. The fraction of sp³-hybridized carbons (Fsp3) is 0.923. The SMILES string of the molecule is NCC1(CC(=O)N2CCC(C(F)(F)F)CC2)CCC1.